The Hall–Kier alpha value is -0.130. The van der Waals surface area contributed by atoms with E-state index in [1.807, 2.05) is 0 Å². The third kappa shape index (κ3) is 34.1. The third-order valence-corrected chi connectivity index (χ3v) is 9.59. The normalized spacial score (nSPS) is 12.4. The summed E-state index contributed by atoms with van der Waals surface area (Å²) in [5, 5.41) is 0. The first-order chi connectivity index (χ1) is 19.3. The van der Waals surface area contributed by atoms with Crippen molar-refractivity contribution in [3.05, 3.63) is 0 Å². The van der Waals surface area contributed by atoms with Crippen LogP contribution < -0.4 is 0 Å². The molecule has 0 amide bonds. The van der Waals surface area contributed by atoms with E-state index in [2.05, 4.69) is 21.0 Å². The Morgan fingerprint density at radius 2 is 0.625 bits per heavy atom. The smallest absolute Gasteiger partial charge is 0.265 e. The van der Waals surface area contributed by atoms with Gasteiger partial charge in [-0.15, -0.1) is 0 Å². The summed E-state index contributed by atoms with van der Waals surface area (Å²) in [5.74, 6) is -0.117. The molecule has 0 aliphatic heterocycles. The highest BCUT2D eigenvalue weighted by atomic mass is 32.2. The molecule has 0 bridgehead atoms. The Labute approximate surface area is 253 Å². The minimum atomic E-state index is -3.82. The first-order valence-electron chi connectivity index (χ1n) is 18.0. The van der Waals surface area contributed by atoms with E-state index in [-0.39, 0.29) is 5.75 Å². The van der Waals surface area contributed by atoms with Crippen molar-refractivity contribution in [1.82, 2.24) is 0 Å². The lowest BCUT2D eigenvalue weighted by molar-refractivity contribution is -0.890. The van der Waals surface area contributed by atoms with Crippen molar-refractivity contribution in [1.29, 1.82) is 0 Å². The van der Waals surface area contributed by atoms with Gasteiger partial charge >= 0.3 is 0 Å². The fourth-order valence-corrected chi connectivity index (χ4v) is 6.49. The Morgan fingerprint density at radius 1 is 0.400 bits per heavy atom. The van der Waals surface area contributed by atoms with Gasteiger partial charge in [-0.2, -0.15) is 8.42 Å². The van der Waals surface area contributed by atoms with Crippen LogP contribution in [0.25, 0.3) is 0 Å². The van der Waals surface area contributed by atoms with Gasteiger partial charge in [-0.25, -0.2) is 0 Å². The molecule has 0 aliphatic carbocycles. The third-order valence-electron chi connectivity index (χ3n) is 8.78. The van der Waals surface area contributed by atoms with E-state index in [9.17, 15) is 8.42 Å². The second-order valence-electron chi connectivity index (χ2n) is 13.6. The van der Waals surface area contributed by atoms with E-state index in [0.717, 1.165) is 17.6 Å². The molecule has 0 fully saturated rings. The Morgan fingerprint density at radius 3 is 0.875 bits per heavy atom. The lowest BCUT2D eigenvalue weighted by atomic mass is 10.0. The number of hydrogen-bond donors (Lipinski definition) is 1. The monoisotopic (exact) mass is 589 g/mol. The van der Waals surface area contributed by atoms with Crippen molar-refractivity contribution in [2.45, 2.75) is 193 Å². The number of quaternary nitrogens is 1. The van der Waals surface area contributed by atoms with Crippen LogP contribution in [0, 0.1) is 0 Å². The number of nitrogens with zero attached hydrogens (tertiary/aromatic N) is 1. The molecule has 4 nitrogen and oxygen atoms in total. The topological polar surface area (TPSA) is 54.4 Å². The maximum absolute atomic E-state index is 10.9. The molecule has 0 saturated carbocycles. The molecule has 0 aliphatic rings. The van der Waals surface area contributed by atoms with Crippen LogP contribution in [0.2, 0.25) is 0 Å². The average Bonchev–Trinajstić information content (AvgIpc) is 2.89. The van der Waals surface area contributed by atoms with Crippen LogP contribution >= 0.6 is 0 Å². The Kier molecular flexibility index (Phi) is 28.9. The molecular weight excluding hydrogens is 514 g/mol. The van der Waals surface area contributed by atoms with E-state index in [1.165, 1.54) is 180 Å². The molecule has 0 spiro atoms. The van der Waals surface area contributed by atoms with E-state index in [1.54, 1.807) is 0 Å². The number of unbranched alkanes of at least 4 members (excludes halogenated alkanes) is 27. The van der Waals surface area contributed by atoms with Crippen LogP contribution in [0.4, 0.5) is 0 Å². The summed E-state index contributed by atoms with van der Waals surface area (Å²) in [4.78, 5) is 0. The largest absolute Gasteiger partial charge is 0.328 e. The van der Waals surface area contributed by atoms with E-state index in [4.69, 9.17) is 4.55 Å². The lowest BCUT2D eigenvalue weighted by Crippen LogP contribution is -2.41. The van der Waals surface area contributed by atoms with Gasteiger partial charge in [0.25, 0.3) is 10.1 Å². The fraction of sp³-hybridized carbons (Fsp3) is 1.00. The van der Waals surface area contributed by atoms with Gasteiger partial charge in [0.15, 0.2) is 0 Å². The van der Waals surface area contributed by atoms with Crippen molar-refractivity contribution in [3.63, 3.8) is 0 Å². The van der Waals surface area contributed by atoms with E-state index >= 15 is 0 Å². The molecule has 0 aromatic rings. The van der Waals surface area contributed by atoms with Crippen molar-refractivity contribution >= 4 is 10.1 Å². The summed E-state index contributed by atoms with van der Waals surface area (Å²) in [6.07, 6.45) is 40.4. The number of hydrogen-bond acceptors (Lipinski definition) is 2. The van der Waals surface area contributed by atoms with Crippen LogP contribution in [-0.4, -0.2) is 50.4 Å². The van der Waals surface area contributed by atoms with Gasteiger partial charge in [-0.1, -0.05) is 174 Å². The highest BCUT2D eigenvalue weighted by Crippen LogP contribution is 2.16. The van der Waals surface area contributed by atoms with Crippen LogP contribution in [0.5, 0.6) is 0 Å². The van der Waals surface area contributed by atoms with Crippen molar-refractivity contribution in [2.24, 2.45) is 0 Å². The maximum atomic E-state index is 10.9. The molecule has 0 aromatic heterocycles. The zero-order valence-electron chi connectivity index (χ0n) is 27.7. The summed E-state index contributed by atoms with van der Waals surface area (Å²) >= 11 is 0. The Bertz CT molecular complexity index is 606. The second-order valence-corrected chi connectivity index (χ2v) is 15.1. The molecule has 0 saturated heterocycles. The van der Waals surface area contributed by atoms with Gasteiger partial charge in [0.1, 0.15) is 0 Å². The minimum absolute atomic E-state index is 0.117. The number of rotatable bonds is 33. The predicted octanol–water partition coefficient (Wildman–Crippen LogP) is 11.3. The molecule has 40 heavy (non-hydrogen) atoms. The zero-order valence-corrected chi connectivity index (χ0v) is 28.6. The molecule has 0 rings (SSSR count). The predicted molar refractivity (Wildman–Crippen MR) is 178 cm³/mol. The average molecular weight is 589 g/mol. The Balaban J connectivity index is 3.18. The van der Waals surface area contributed by atoms with Gasteiger partial charge in [-0.05, 0) is 12.8 Å². The lowest BCUT2D eigenvalue weighted by Gasteiger charge is -2.29. The highest BCUT2D eigenvalue weighted by molar-refractivity contribution is 7.85. The zero-order chi connectivity index (χ0) is 29.6. The minimum Gasteiger partial charge on any atom is -0.328 e. The van der Waals surface area contributed by atoms with E-state index < -0.39 is 10.1 Å². The van der Waals surface area contributed by atoms with E-state index in [0.29, 0.717) is 6.42 Å². The summed E-state index contributed by atoms with van der Waals surface area (Å²) in [5.41, 5.74) is 0. The van der Waals surface area contributed by atoms with Crippen molar-refractivity contribution < 1.29 is 17.5 Å². The van der Waals surface area contributed by atoms with Crippen molar-refractivity contribution in [3.8, 4) is 0 Å². The van der Waals surface area contributed by atoms with Gasteiger partial charge in [0.2, 0.25) is 0 Å². The summed E-state index contributed by atoms with van der Waals surface area (Å²) < 4.78 is 31.4. The summed E-state index contributed by atoms with van der Waals surface area (Å²) in [6, 6.07) is 0. The molecule has 1 N–H and O–H groups in total. The molecule has 0 radical (unpaired) electrons. The molecule has 0 unspecified atom stereocenters. The maximum Gasteiger partial charge on any atom is 0.265 e. The van der Waals surface area contributed by atoms with Gasteiger partial charge in [0, 0.05) is 6.42 Å². The van der Waals surface area contributed by atoms with Crippen LogP contribution in [0.1, 0.15) is 193 Å². The molecular formula is C35H74NO3S+. The first-order valence-corrected chi connectivity index (χ1v) is 19.6. The highest BCUT2D eigenvalue weighted by Gasteiger charge is 2.16. The summed E-state index contributed by atoms with van der Waals surface area (Å²) in [6.45, 7) is 4.19. The van der Waals surface area contributed by atoms with Crippen LogP contribution in [0.15, 0.2) is 0 Å². The molecule has 0 atom stereocenters. The summed E-state index contributed by atoms with van der Waals surface area (Å²) in [7, 11) is 0.499. The van der Waals surface area contributed by atoms with Gasteiger partial charge < -0.3 is 4.48 Å². The van der Waals surface area contributed by atoms with Crippen molar-refractivity contribution in [2.75, 3.05) is 32.9 Å². The molecule has 0 heterocycles. The van der Waals surface area contributed by atoms with Gasteiger partial charge in [0.05, 0.1) is 32.9 Å². The molecule has 5 heteroatoms. The van der Waals surface area contributed by atoms with Crippen LogP contribution in [0.3, 0.4) is 0 Å². The SMILES string of the molecule is CCCCCCCCCCCCCCCCCCCCCCCCCCCCCC[N+](C)(C)CCCS(=O)(=O)O. The van der Waals surface area contributed by atoms with Crippen LogP contribution in [-0.2, 0) is 10.1 Å². The molecule has 0 aromatic carbocycles. The second kappa shape index (κ2) is 29.0. The first kappa shape index (κ1) is 39.9. The quantitative estimate of drug-likeness (QED) is 0.0471. The standard InChI is InChI=1S/C35H73NO3S/c1-4-5-6-7-8-9-10-11-12-13-14-15-16-17-18-19-20-21-22-23-24-25-26-27-28-29-30-31-33-36(2,3)34-32-35-40(37,38)39/h4-35H2,1-3H3/p+1. The molecule has 242 valence electrons. The van der Waals surface area contributed by atoms with Gasteiger partial charge in [-0.3, -0.25) is 4.55 Å². The fourth-order valence-electron chi connectivity index (χ4n) is 6.00.